The van der Waals surface area contributed by atoms with Crippen molar-refractivity contribution in [3.63, 3.8) is 0 Å². The van der Waals surface area contributed by atoms with E-state index in [-0.39, 0.29) is 5.41 Å². The summed E-state index contributed by atoms with van der Waals surface area (Å²) >= 11 is 0. The first-order valence-corrected chi connectivity index (χ1v) is 20.9. The lowest BCUT2D eigenvalue weighted by Gasteiger charge is -2.28. The third-order valence-corrected chi connectivity index (χ3v) is 12.7. The zero-order chi connectivity index (χ0) is 40.5. The van der Waals surface area contributed by atoms with Gasteiger partial charge in [-0.2, -0.15) is 0 Å². The second kappa shape index (κ2) is 13.9. The topological polar surface area (TPSA) is 38.9 Å². The number of hydrogen-bond acceptors (Lipinski definition) is 3. The molecule has 0 aliphatic heterocycles. The van der Waals surface area contributed by atoms with Crippen LogP contribution < -0.4 is 0 Å². The molecule has 3 heteroatoms. The number of nitrogens with zero attached hydrogens (tertiary/aromatic N) is 2. The molecule has 0 saturated carbocycles. The van der Waals surface area contributed by atoms with E-state index in [1.165, 1.54) is 38.6 Å². The van der Waals surface area contributed by atoms with Crippen molar-refractivity contribution in [2.75, 3.05) is 0 Å². The third kappa shape index (κ3) is 5.73. The van der Waals surface area contributed by atoms with Gasteiger partial charge in [-0.15, -0.1) is 0 Å². The molecular weight excluding hydrogens is 741 g/mol. The molecule has 1 atom stereocenters. The Morgan fingerprint density at radius 3 is 1.85 bits per heavy atom. The van der Waals surface area contributed by atoms with Crippen LogP contribution in [0, 0.1) is 0 Å². The van der Waals surface area contributed by atoms with Crippen molar-refractivity contribution >= 4 is 32.7 Å². The molecule has 0 radical (unpaired) electrons. The van der Waals surface area contributed by atoms with Gasteiger partial charge in [0.2, 0.25) is 0 Å². The van der Waals surface area contributed by atoms with E-state index in [2.05, 4.69) is 201 Å². The summed E-state index contributed by atoms with van der Waals surface area (Å²) in [5, 5.41) is 4.65. The van der Waals surface area contributed by atoms with E-state index in [1.54, 1.807) is 0 Å². The molecule has 0 saturated heterocycles. The van der Waals surface area contributed by atoms with Gasteiger partial charge in [0.15, 0.2) is 5.82 Å². The normalized spacial score (nSPS) is 14.4. The summed E-state index contributed by atoms with van der Waals surface area (Å²) in [7, 11) is 0. The Morgan fingerprint density at radius 1 is 0.377 bits per heavy atom. The van der Waals surface area contributed by atoms with Gasteiger partial charge in [0.05, 0.1) is 11.4 Å². The minimum absolute atomic E-state index is 0.328. The summed E-state index contributed by atoms with van der Waals surface area (Å²) in [5.74, 6) is 0.684. The van der Waals surface area contributed by atoms with Crippen LogP contribution in [0.5, 0.6) is 0 Å². The van der Waals surface area contributed by atoms with E-state index in [9.17, 15) is 0 Å². The molecule has 1 aliphatic rings. The highest BCUT2D eigenvalue weighted by atomic mass is 16.3. The van der Waals surface area contributed by atoms with Crippen LogP contribution in [0.2, 0.25) is 0 Å². The SMILES string of the molecule is CC1(c2ccccc2)c2ccccc2-c2c(-c3cc(-c4cc(-c5ccc6ccccc6c5)cc(-c5ccc6c(c5)oc5ccccc56)c4)nc(-c4ccccc4)n3)cccc21. The number of para-hydroxylation sites is 1. The molecule has 2 heterocycles. The highest BCUT2D eigenvalue weighted by Gasteiger charge is 2.41. The third-order valence-electron chi connectivity index (χ3n) is 12.7. The lowest BCUT2D eigenvalue weighted by molar-refractivity contribution is 0.669. The van der Waals surface area contributed by atoms with Crippen molar-refractivity contribution in [1.82, 2.24) is 9.97 Å². The molecule has 0 amide bonds. The van der Waals surface area contributed by atoms with E-state index in [4.69, 9.17) is 14.4 Å². The first-order chi connectivity index (χ1) is 30.1. The van der Waals surface area contributed by atoms with Crippen molar-refractivity contribution in [2.45, 2.75) is 12.3 Å². The Hall–Kier alpha value is -7.88. The lowest BCUT2D eigenvalue weighted by Crippen LogP contribution is -2.22. The van der Waals surface area contributed by atoms with Crippen molar-refractivity contribution in [1.29, 1.82) is 0 Å². The summed E-state index contributed by atoms with van der Waals surface area (Å²) < 4.78 is 6.41. The summed E-state index contributed by atoms with van der Waals surface area (Å²) in [6.07, 6.45) is 0. The fourth-order valence-corrected chi connectivity index (χ4v) is 9.67. The molecule has 12 rings (SSSR count). The zero-order valence-electron chi connectivity index (χ0n) is 33.5. The summed E-state index contributed by atoms with van der Waals surface area (Å²) in [6, 6.07) is 75.9. The second-order valence-corrected chi connectivity index (χ2v) is 16.3. The van der Waals surface area contributed by atoms with Crippen molar-refractivity contribution in [3.8, 4) is 67.3 Å². The molecule has 1 unspecified atom stereocenters. The van der Waals surface area contributed by atoms with Crippen molar-refractivity contribution in [2.24, 2.45) is 0 Å². The van der Waals surface area contributed by atoms with Crippen LogP contribution >= 0.6 is 0 Å². The molecule has 0 spiro atoms. The molecule has 0 N–H and O–H groups in total. The zero-order valence-corrected chi connectivity index (χ0v) is 33.5. The Balaban J connectivity index is 1.09. The number of benzene rings is 9. The van der Waals surface area contributed by atoms with Crippen LogP contribution in [0.1, 0.15) is 23.6 Å². The van der Waals surface area contributed by atoms with E-state index >= 15 is 0 Å². The van der Waals surface area contributed by atoms with E-state index < -0.39 is 0 Å². The molecule has 0 fully saturated rings. The van der Waals surface area contributed by atoms with Gasteiger partial charge in [0.1, 0.15) is 11.2 Å². The van der Waals surface area contributed by atoms with Crippen molar-refractivity contribution in [3.05, 3.63) is 229 Å². The van der Waals surface area contributed by atoms with Crippen LogP contribution in [0.3, 0.4) is 0 Å². The molecule has 9 aromatic carbocycles. The molecule has 3 nitrogen and oxygen atoms in total. The summed E-state index contributed by atoms with van der Waals surface area (Å²) in [5.41, 5.74) is 16.9. The number of rotatable bonds is 6. The smallest absolute Gasteiger partial charge is 0.160 e. The number of hydrogen-bond donors (Lipinski definition) is 0. The van der Waals surface area contributed by atoms with Crippen LogP contribution in [-0.2, 0) is 5.41 Å². The molecule has 2 aromatic heterocycles. The highest BCUT2D eigenvalue weighted by Crippen LogP contribution is 2.55. The Morgan fingerprint density at radius 2 is 1.00 bits per heavy atom. The maximum atomic E-state index is 6.41. The fourth-order valence-electron chi connectivity index (χ4n) is 9.67. The molecule has 286 valence electrons. The molecule has 1 aliphatic carbocycles. The monoisotopic (exact) mass is 778 g/mol. The Labute approximate surface area is 354 Å². The average molecular weight is 779 g/mol. The average Bonchev–Trinajstić information content (AvgIpc) is 3.84. The highest BCUT2D eigenvalue weighted by molar-refractivity contribution is 6.06. The van der Waals surface area contributed by atoms with E-state index in [0.29, 0.717) is 5.82 Å². The molecule has 61 heavy (non-hydrogen) atoms. The van der Waals surface area contributed by atoms with Gasteiger partial charge < -0.3 is 4.42 Å². The van der Waals surface area contributed by atoms with Gasteiger partial charge in [0, 0.05) is 32.9 Å². The molecule has 11 aromatic rings. The maximum Gasteiger partial charge on any atom is 0.160 e. The number of fused-ring (bicyclic) bond motifs is 7. The van der Waals surface area contributed by atoms with Crippen molar-refractivity contribution < 1.29 is 4.42 Å². The minimum atomic E-state index is -0.328. The fraction of sp³-hybridized carbons (Fsp3) is 0.0345. The van der Waals surface area contributed by atoms with Gasteiger partial charge in [-0.3, -0.25) is 0 Å². The van der Waals surface area contributed by atoms with Gasteiger partial charge in [-0.1, -0.05) is 164 Å². The predicted octanol–water partition coefficient (Wildman–Crippen LogP) is 15.2. The largest absolute Gasteiger partial charge is 0.456 e. The first-order valence-electron chi connectivity index (χ1n) is 20.9. The van der Waals surface area contributed by atoms with Crippen LogP contribution in [-0.4, -0.2) is 9.97 Å². The second-order valence-electron chi connectivity index (χ2n) is 16.3. The number of aromatic nitrogens is 2. The standard InChI is InChI=1S/C58H38N2O/c1-58(45-19-6-3-7-20-45)50-24-12-10-22-48(50)56-49(23-14-25-51(56)58)53-36-52(59-57(60-53)38-16-4-2-5-17-38)44-33-42(40-28-27-37-15-8-9-18-39(37)31-40)32-43(34-44)41-29-30-47-46-21-11-13-26-54(46)61-55(47)35-41/h2-36H,1H3. The lowest BCUT2D eigenvalue weighted by atomic mass is 9.74. The predicted molar refractivity (Wildman–Crippen MR) is 251 cm³/mol. The van der Waals surface area contributed by atoms with Crippen LogP contribution in [0.4, 0.5) is 0 Å². The Kier molecular flexibility index (Phi) is 7.98. The number of furan rings is 1. The minimum Gasteiger partial charge on any atom is -0.456 e. The maximum absolute atomic E-state index is 6.41. The van der Waals surface area contributed by atoms with E-state index in [1.807, 2.05) is 18.2 Å². The van der Waals surface area contributed by atoms with E-state index in [0.717, 1.165) is 72.3 Å². The van der Waals surface area contributed by atoms with Crippen LogP contribution in [0.15, 0.2) is 217 Å². The van der Waals surface area contributed by atoms with Gasteiger partial charge in [0.25, 0.3) is 0 Å². The van der Waals surface area contributed by atoms with Gasteiger partial charge in [-0.05, 0) is 116 Å². The first kappa shape index (κ1) is 35.1. The summed E-state index contributed by atoms with van der Waals surface area (Å²) in [6.45, 7) is 2.36. The quantitative estimate of drug-likeness (QED) is 0.169. The summed E-state index contributed by atoms with van der Waals surface area (Å²) in [4.78, 5) is 10.8. The molecular formula is C58H38N2O. The molecule has 0 bridgehead atoms. The van der Waals surface area contributed by atoms with Gasteiger partial charge >= 0.3 is 0 Å². The van der Waals surface area contributed by atoms with Gasteiger partial charge in [-0.25, -0.2) is 9.97 Å². The van der Waals surface area contributed by atoms with Crippen LogP contribution in [0.25, 0.3) is 100.0 Å². The Bertz CT molecular complexity index is 3490.